The third kappa shape index (κ3) is 37.1. The van der Waals surface area contributed by atoms with Gasteiger partial charge in [0.1, 0.15) is 24.4 Å². The van der Waals surface area contributed by atoms with Crippen molar-refractivity contribution in [3.05, 3.63) is 48.6 Å². The van der Waals surface area contributed by atoms with Crippen LogP contribution in [0.2, 0.25) is 0 Å². The highest BCUT2D eigenvalue weighted by Gasteiger charge is 2.47. The van der Waals surface area contributed by atoms with Crippen LogP contribution in [0, 0.1) is 0 Å². The Morgan fingerprint density at radius 3 is 1.52 bits per heavy atom. The van der Waals surface area contributed by atoms with Gasteiger partial charge in [-0.25, -0.2) is 0 Å². The van der Waals surface area contributed by atoms with E-state index >= 15 is 0 Å². The van der Waals surface area contributed by atoms with Crippen molar-refractivity contribution in [2.75, 3.05) is 13.2 Å². The Bertz CT molecular complexity index is 1340. The second-order valence-electron chi connectivity index (χ2n) is 20.4. The van der Waals surface area contributed by atoms with Gasteiger partial charge in [0, 0.05) is 6.42 Å². The topological polar surface area (TPSA) is 175 Å². The molecule has 0 spiro atoms. The zero-order valence-electron chi connectivity index (χ0n) is 45.6. The first-order valence-corrected chi connectivity index (χ1v) is 29.4. The number of esters is 1. The first-order valence-electron chi connectivity index (χ1n) is 29.4. The molecular weight excluding hydrogens is 895 g/mol. The van der Waals surface area contributed by atoms with Crippen LogP contribution in [0.4, 0.5) is 0 Å². The molecule has 0 aliphatic carbocycles. The zero-order chi connectivity index (χ0) is 51.8. The molecule has 0 radical (unpaired) electrons. The molecule has 0 aromatic heterocycles. The van der Waals surface area contributed by atoms with Crippen molar-refractivity contribution in [3.63, 3.8) is 0 Å². The summed E-state index contributed by atoms with van der Waals surface area (Å²) in [4.78, 5) is 26.4. The Morgan fingerprint density at radius 2 is 0.986 bits per heavy atom. The fourth-order valence-corrected chi connectivity index (χ4v) is 8.96. The number of unbranched alkanes of at least 4 members (excludes halogenated alkanes) is 29. The molecule has 1 aliphatic heterocycles. The summed E-state index contributed by atoms with van der Waals surface area (Å²) < 4.78 is 17.5. The number of carbonyl (C=O) groups is 2. The van der Waals surface area contributed by atoms with Gasteiger partial charge in [0.2, 0.25) is 5.91 Å². The smallest absolute Gasteiger partial charge is 0.306 e. The monoisotopic (exact) mass is 1000 g/mol. The third-order valence-corrected chi connectivity index (χ3v) is 13.7. The maximum Gasteiger partial charge on any atom is 0.306 e. The quantitative estimate of drug-likeness (QED) is 0.0195. The van der Waals surface area contributed by atoms with Crippen LogP contribution >= 0.6 is 0 Å². The first-order chi connectivity index (χ1) is 34.7. The van der Waals surface area contributed by atoms with Crippen molar-refractivity contribution >= 4 is 11.9 Å². The average molecular weight is 1000 g/mol. The maximum absolute atomic E-state index is 13.4. The lowest BCUT2D eigenvalue weighted by atomic mass is 9.99. The summed E-state index contributed by atoms with van der Waals surface area (Å²) in [5, 5.41) is 56.8. The molecule has 8 atom stereocenters. The van der Waals surface area contributed by atoms with Crippen LogP contribution in [0.1, 0.15) is 258 Å². The van der Waals surface area contributed by atoms with Crippen molar-refractivity contribution in [1.29, 1.82) is 0 Å². The molecular formula is C60H109NO10. The summed E-state index contributed by atoms with van der Waals surface area (Å²) in [6.45, 7) is 5.71. The lowest BCUT2D eigenvalue weighted by molar-refractivity contribution is -0.305. The highest BCUT2D eigenvalue weighted by molar-refractivity contribution is 5.80. The Kier molecular flexibility index (Phi) is 45.6. The number of aliphatic hydroxyl groups is 5. The second kappa shape index (κ2) is 48.6. The van der Waals surface area contributed by atoms with E-state index in [1.807, 2.05) is 6.08 Å². The van der Waals surface area contributed by atoms with E-state index in [-0.39, 0.29) is 19.4 Å². The van der Waals surface area contributed by atoms with E-state index in [4.69, 9.17) is 14.2 Å². The van der Waals surface area contributed by atoms with Crippen molar-refractivity contribution in [3.8, 4) is 0 Å². The molecule has 414 valence electrons. The number of ether oxygens (including phenoxy) is 3. The molecule has 11 nitrogen and oxygen atoms in total. The van der Waals surface area contributed by atoms with Crippen LogP contribution in [0.3, 0.4) is 0 Å². The van der Waals surface area contributed by atoms with Crippen LogP contribution < -0.4 is 5.32 Å². The molecule has 1 fully saturated rings. The summed E-state index contributed by atoms with van der Waals surface area (Å²) in [5.74, 6) is -1.21. The van der Waals surface area contributed by atoms with Crippen molar-refractivity contribution < 1.29 is 49.3 Å². The van der Waals surface area contributed by atoms with E-state index in [0.717, 1.165) is 89.9 Å². The van der Waals surface area contributed by atoms with Crippen molar-refractivity contribution in [1.82, 2.24) is 5.32 Å². The van der Waals surface area contributed by atoms with E-state index < -0.39 is 67.4 Å². The Balaban J connectivity index is 2.72. The molecule has 0 bridgehead atoms. The predicted molar refractivity (Wildman–Crippen MR) is 292 cm³/mol. The summed E-state index contributed by atoms with van der Waals surface area (Å²) in [6, 6.07) is -1.03. The summed E-state index contributed by atoms with van der Waals surface area (Å²) in [6.07, 6.45) is 47.2. The van der Waals surface area contributed by atoms with Crippen LogP contribution in [0.15, 0.2) is 48.6 Å². The number of hydrogen-bond acceptors (Lipinski definition) is 10. The zero-order valence-corrected chi connectivity index (χ0v) is 45.6. The number of hydrogen-bond donors (Lipinski definition) is 6. The molecule has 1 heterocycles. The van der Waals surface area contributed by atoms with E-state index in [1.54, 1.807) is 6.08 Å². The molecule has 11 heteroatoms. The molecule has 71 heavy (non-hydrogen) atoms. The number of nitrogens with one attached hydrogen (secondary N) is 1. The van der Waals surface area contributed by atoms with Gasteiger partial charge in [-0.05, 0) is 77.0 Å². The standard InChI is InChI=1S/C60H109NO10/c1-4-7-10-13-16-19-22-24-25-26-27-28-30-33-35-38-41-44-47-53(64)59(68)61-51(52(63)46-43-40-37-34-32-29-23-20-17-14-11-8-5-2)50-69-60-58(57(67)56(66)54(49-62)70-60)71-55(65)48-45-42-39-36-31-21-18-15-12-9-6-3/h15-16,18-19,24-25,43,46,51-54,56-58,60,62-64,66-67H,4-14,17,20-23,26-42,44-45,47-50H2,1-3H3,(H,61,68)/b18-15-,19-16-,25-24-,46-43+. The molecule has 1 amide bonds. The maximum atomic E-state index is 13.4. The van der Waals surface area contributed by atoms with E-state index in [9.17, 15) is 35.1 Å². The van der Waals surface area contributed by atoms with Crippen LogP contribution in [-0.2, 0) is 23.8 Å². The van der Waals surface area contributed by atoms with Gasteiger partial charge in [-0.1, -0.05) is 223 Å². The number of carbonyl (C=O) groups excluding carboxylic acids is 2. The van der Waals surface area contributed by atoms with Crippen LogP contribution in [-0.4, -0.2) is 99.6 Å². The second-order valence-corrected chi connectivity index (χ2v) is 20.4. The van der Waals surface area contributed by atoms with E-state index in [0.29, 0.717) is 12.8 Å². The SMILES string of the molecule is CCCC/C=C\CCCCCCCC(=O)OC1C(OCC(NC(=O)C(O)CCCCCCCCCC/C=C\C/C=C\CCCCC)C(O)/C=C/CCCCCCCCCCCCC)OC(CO)C(O)C1O. The molecule has 1 rings (SSSR count). The minimum absolute atomic E-state index is 0.113. The van der Waals surface area contributed by atoms with Gasteiger partial charge in [-0.15, -0.1) is 0 Å². The van der Waals surface area contributed by atoms with Crippen LogP contribution in [0.25, 0.3) is 0 Å². The largest absolute Gasteiger partial charge is 0.454 e. The molecule has 0 aromatic rings. The van der Waals surface area contributed by atoms with Gasteiger partial charge in [-0.2, -0.15) is 0 Å². The number of aliphatic hydroxyl groups excluding tert-OH is 5. The average Bonchev–Trinajstić information content (AvgIpc) is 3.37. The van der Waals surface area contributed by atoms with Gasteiger partial charge in [0.25, 0.3) is 0 Å². The number of allylic oxidation sites excluding steroid dienone is 7. The van der Waals surface area contributed by atoms with Gasteiger partial charge in [0.05, 0.1) is 25.4 Å². The van der Waals surface area contributed by atoms with Crippen molar-refractivity contribution in [2.45, 2.75) is 307 Å². The Hall–Kier alpha value is -2.38. The molecule has 1 aliphatic rings. The minimum atomic E-state index is -1.62. The normalized spacial score (nSPS) is 19.9. The van der Waals surface area contributed by atoms with Gasteiger partial charge in [0.15, 0.2) is 12.4 Å². The first kappa shape index (κ1) is 66.6. The minimum Gasteiger partial charge on any atom is -0.454 e. The Labute approximate surface area is 434 Å². The molecule has 0 saturated carbocycles. The van der Waals surface area contributed by atoms with Crippen molar-refractivity contribution in [2.24, 2.45) is 0 Å². The fourth-order valence-electron chi connectivity index (χ4n) is 8.96. The van der Waals surface area contributed by atoms with Crippen LogP contribution in [0.5, 0.6) is 0 Å². The Morgan fingerprint density at radius 1 is 0.549 bits per heavy atom. The predicted octanol–water partition coefficient (Wildman–Crippen LogP) is 13.3. The summed E-state index contributed by atoms with van der Waals surface area (Å²) in [7, 11) is 0. The molecule has 1 saturated heterocycles. The highest BCUT2D eigenvalue weighted by atomic mass is 16.7. The molecule has 0 aromatic carbocycles. The number of amides is 1. The number of rotatable bonds is 49. The summed E-state index contributed by atoms with van der Waals surface area (Å²) >= 11 is 0. The molecule has 8 unspecified atom stereocenters. The van der Waals surface area contributed by atoms with Gasteiger partial charge < -0.3 is 45.1 Å². The highest BCUT2D eigenvalue weighted by Crippen LogP contribution is 2.26. The third-order valence-electron chi connectivity index (χ3n) is 13.7. The molecule has 6 N–H and O–H groups in total. The van der Waals surface area contributed by atoms with Gasteiger partial charge in [-0.3, -0.25) is 9.59 Å². The van der Waals surface area contributed by atoms with E-state index in [2.05, 4.69) is 62.5 Å². The lowest BCUT2D eigenvalue weighted by Crippen LogP contribution is -2.61. The fraction of sp³-hybridized carbons (Fsp3) is 0.833. The summed E-state index contributed by atoms with van der Waals surface area (Å²) in [5.41, 5.74) is 0. The van der Waals surface area contributed by atoms with Gasteiger partial charge >= 0.3 is 5.97 Å². The van der Waals surface area contributed by atoms with E-state index in [1.165, 1.54) is 122 Å². The lowest BCUT2D eigenvalue weighted by Gasteiger charge is -2.41.